The van der Waals surface area contributed by atoms with E-state index in [4.69, 9.17) is 105 Å². The molecule has 0 aliphatic heterocycles. The van der Waals surface area contributed by atoms with Crippen molar-refractivity contribution < 1.29 is 253 Å². The van der Waals surface area contributed by atoms with Gasteiger partial charge in [-0.1, -0.05) is 0 Å². The Labute approximate surface area is 345 Å². The molecule has 0 bridgehead atoms. The summed E-state index contributed by atoms with van der Waals surface area (Å²) in [5, 5.41) is 117. The Morgan fingerprint density at radius 1 is 0.227 bits per heavy atom. The number of carbonyl (C=O) groups is 7. The molecule has 0 unspecified atom stereocenters. The third-order valence-corrected chi connectivity index (χ3v) is 0. The number of carboxylic acid groups (broad SMARTS) is 14. The van der Waals surface area contributed by atoms with Crippen LogP contribution in [0.15, 0.2) is 0 Å². The minimum absolute atomic E-state index is 0. The first-order valence-electron chi connectivity index (χ1n) is 4.29. The summed E-state index contributed by atoms with van der Waals surface area (Å²) < 4.78 is 0. The monoisotopic (exact) mass is 1000 g/mol. The van der Waals surface area contributed by atoms with Crippen molar-refractivity contribution in [2.45, 2.75) is 0 Å². The molecular formula is C7H7Al3Cu3O28Zn3. The summed E-state index contributed by atoms with van der Waals surface area (Å²) in [7, 11) is 0. The molecule has 0 aromatic carbocycles. The summed E-state index contributed by atoms with van der Waals surface area (Å²) in [6, 6.07) is 0. The molecule has 251 valence electrons. The van der Waals surface area contributed by atoms with Crippen molar-refractivity contribution in [3.8, 4) is 0 Å². The smallest absolute Gasteiger partial charge is 0.870 e. The summed E-state index contributed by atoms with van der Waals surface area (Å²) in [5.74, 6) is 0. The molecule has 0 heterocycles. The van der Waals surface area contributed by atoms with Gasteiger partial charge < -0.3 is 143 Å². The summed E-state index contributed by atoms with van der Waals surface area (Å²) in [6.45, 7) is 0. The summed E-state index contributed by atoms with van der Waals surface area (Å²) in [5.41, 5.74) is 0. The van der Waals surface area contributed by atoms with E-state index in [1.54, 1.807) is 0 Å². The van der Waals surface area contributed by atoms with E-state index in [0.717, 1.165) is 0 Å². The molecule has 37 heteroatoms. The fourth-order valence-electron chi connectivity index (χ4n) is 0. The van der Waals surface area contributed by atoms with Crippen LogP contribution in [0.3, 0.4) is 0 Å². The minimum Gasteiger partial charge on any atom is -0.870 e. The first kappa shape index (κ1) is 186. The van der Waals surface area contributed by atoms with Crippen LogP contribution in [0.5, 0.6) is 0 Å². The van der Waals surface area contributed by atoms with Gasteiger partial charge in [-0.25, -0.2) is 0 Å². The summed E-state index contributed by atoms with van der Waals surface area (Å²) in [6.07, 6.45) is -16.3. The Balaban J connectivity index is -0.00000000525. The Kier molecular flexibility index (Phi) is 735. The largest absolute Gasteiger partial charge is 3.00 e. The molecule has 28 nitrogen and oxygen atoms in total. The third-order valence-electron chi connectivity index (χ3n) is 0. The molecule has 0 amide bonds. The molecule has 0 saturated heterocycles. The molecule has 0 atom stereocenters. The van der Waals surface area contributed by atoms with Crippen LogP contribution >= 0.6 is 0 Å². The van der Waals surface area contributed by atoms with E-state index < -0.39 is 43.1 Å². The van der Waals surface area contributed by atoms with Crippen molar-refractivity contribution in [3.05, 3.63) is 0 Å². The van der Waals surface area contributed by atoms with Gasteiger partial charge in [0, 0.05) is 0 Å². The fraction of sp³-hybridized carbons (Fsp3) is 0. The molecule has 44 heavy (non-hydrogen) atoms. The van der Waals surface area contributed by atoms with E-state index in [2.05, 4.69) is 0 Å². The van der Waals surface area contributed by atoms with Crippen molar-refractivity contribution in [3.63, 3.8) is 0 Å². The minimum atomic E-state index is -2.33. The van der Waals surface area contributed by atoms with Crippen LogP contribution in [0, 0.1) is 0 Å². The maximum atomic E-state index is 8.33. The molecule has 0 saturated carbocycles. The van der Waals surface area contributed by atoms with Gasteiger partial charge in [0.25, 0.3) is 0 Å². The van der Waals surface area contributed by atoms with Crippen LogP contribution in [-0.4, -0.2) is 134 Å². The van der Waals surface area contributed by atoms with Crippen LogP contribution in [0.1, 0.15) is 0 Å². The molecule has 0 aliphatic carbocycles. The van der Waals surface area contributed by atoms with Gasteiger partial charge in [0.15, 0.2) is 0 Å². The second-order valence-corrected chi connectivity index (χ2v) is 1.75. The third kappa shape index (κ3) is 519000. The normalized spacial score (nSPS) is 3.82. The van der Waals surface area contributed by atoms with Gasteiger partial charge in [-0.3, -0.25) is 0 Å². The Bertz CT molecular complexity index is 351. The number of rotatable bonds is 0. The molecule has 0 aromatic heterocycles. The fourth-order valence-corrected chi connectivity index (χ4v) is 0. The van der Waals surface area contributed by atoms with Crippen LogP contribution in [0.4, 0.5) is 33.6 Å². The van der Waals surface area contributed by atoms with Crippen molar-refractivity contribution >= 4 is 95.2 Å². The number of hydrogen-bond donors (Lipinski definition) is 0. The zero-order valence-corrected chi connectivity index (χ0v) is 35.2. The topological polar surface area (TPSA) is 652 Å². The van der Waals surface area contributed by atoms with Crippen LogP contribution < -0.4 is 71.5 Å². The average Bonchev–Trinajstić information content (AvgIpc) is 2.20. The van der Waals surface area contributed by atoms with Crippen LogP contribution in [0.25, 0.3) is 0 Å². The Morgan fingerprint density at radius 3 is 0.227 bits per heavy atom. The first-order valence-corrected chi connectivity index (χ1v) is 4.29. The molecular weight excluding hydrogens is 1000 g/mol. The van der Waals surface area contributed by atoms with Crippen molar-refractivity contribution in [2.75, 3.05) is 0 Å². The van der Waals surface area contributed by atoms with Crippen molar-refractivity contribution in [2.24, 2.45) is 0 Å². The second-order valence-electron chi connectivity index (χ2n) is 1.75. The maximum absolute atomic E-state index is 8.33. The maximum Gasteiger partial charge on any atom is 3.00 e. The molecule has 0 spiro atoms. The molecule has 7 N–H and O–H groups in total. The van der Waals surface area contributed by atoms with Crippen LogP contribution in [-0.2, 0) is 110 Å². The molecule has 0 rings (SSSR count). The Hall–Kier alpha value is -0.364. The molecule has 0 aromatic rings. The van der Waals surface area contributed by atoms with Gasteiger partial charge in [-0.15, -0.1) is 0 Å². The summed E-state index contributed by atoms with van der Waals surface area (Å²) >= 11 is 0. The zero-order chi connectivity index (χ0) is 25.0. The van der Waals surface area contributed by atoms with E-state index in [9.17, 15) is 0 Å². The SMILES string of the molecule is O=C([O-])[O-].O=C([O-])[O-].O=C([O-])[O-].O=C([O-])[O-].O=C([O-])[O-].O=C([O-])[O-].O=C([O-])[O-].[Al+3].[Al+3].[Al+3].[Cu+2].[Cu+2].[Cu+2].[OH-].[OH-].[OH-].[OH-].[OH-].[OH-].[OH-].[Zn+2].[Zn+2].[Zn+2]. The van der Waals surface area contributed by atoms with E-state index in [0.29, 0.717) is 0 Å². The quantitative estimate of drug-likeness (QED) is 0.203. The van der Waals surface area contributed by atoms with Gasteiger partial charge in [0.2, 0.25) is 0 Å². The van der Waals surface area contributed by atoms with Gasteiger partial charge in [0.1, 0.15) is 0 Å². The van der Waals surface area contributed by atoms with Gasteiger partial charge in [0.05, 0.1) is 0 Å². The number of hydrogen-bond acceptors (Lipinski definition) is 28. The predicted octanol–water partition coefficient (Wildman–Crippen LogP) is -19.5. The van der Waals surface area contributed by atoms with Gasteiger partial charge in [-0.05, 0) is 43.1 Å². The average molecular weight is 1010 g/mol. The zero-order valence-electron chi connectivity index (χ0n) is 20.0. The first-order chi connectivity index (χ1) is 12.1. The molecule has 0 aliphatic rings. The van der Waals surface area contributed by atoms with E-state index >= 15 is 0 Å². The second kappa shape index (κ2) is 174. The van der Waals surface area contributed by atoms with Gasteiger partial charge in [-0.2, -0.15) is 0 Å². The molecule has 0 fully saturated rings. The predicted molar refractivity (Wildman–Crippen MR) is 68.6 cm³/mol. The van der Waals surface area contributed by atoms with E-state index in [1.807, 2.05) is 0 Å². The van der Waals surface area contributed by atoms with Gasteiger partial charge >= 0.3 is 162 Å². The van der Waals surface area contributed by atoms with E-state index in [-0.39, 0.29) is 200 Å². The Morgan fingerprint density at radius 2 is 0.227 bits per heavy atom. The molecule has 3 radical (unpaired) electrons. The standard InChI is InChI=1S/7CH2O3.3Al.3Cu.7H2O.3Zn/c7*2-1(3)4;;;;;;;;;;;;;;;;/h7*(H2,2,3,4);;;;;;;7*1H2;;;/q;;;;;;;3*+3;3*+2;;;;;;;;3*+2/p-21. The summed E-state index contributed by atoms with van der Waals surface area (Å²) in [4.78, 5) is 58.3. The number of carbonyl (C=O) groups excluding carboxylic acids is 7. The van der Waals surface area contributed by atoms with E-state index in [1.165, 1.54) is 0 Å². The van der Waals surface area contributed by atoms with Crippen molar-refractivity contribution in [1.29, 1.82) is 0 Å². The van der Waals surface area contributed by atoms with Crippen molar-refractivity contribution in [1.82, 2.24) is 0 Å². The van der Waals surface area contributed by atoms with Crippen LogP contribution in [0.2, 0.25) is 0 Å².